The SMILES string of the molecule is CC(C)c1cccc(C(C)C)c1NC(=O)Sc1nc2ccccc2o1. The number of thioether (sulfide) groups is 1. The first kappa shape index (κ1) is 17.5. The van der Waals surface area contributed by atoms with E-state index in [0.717, 1.165) is 34.1 Å². The molecule has 5 heteroatoms. The summed E-state index contributed by atoms with van der Waals surface area (Å²) < 4.78 is 5.62. The number of anilines is 1. The van der Waals surface area contributed by atoms with Crippen LogP contribution in [0.5, 0.6) is 0 Å². The van der Waals surface area contributed by atoms with E-state index in [1.165, 1.54) is 0 Å². The van der Waals surface area contributed by atoms with Gasteiger partial charge in [0, 0.05) is 17.4 Å². The molecular weight excluding hydrogens is 332 g/mol. The molecule has 1 N–H and O–H groups in total. The molecule has 0 saturated heterocycles. The first-order valence-corrected chi connectivity index (χ1v) is 9.24. The first-order valence-electron chi connectivity index (χ1n) is 8.43. The average Bonchev–Trinajstić information content (AvgIpc) is 2.96. The summed E-state index contributed by atoms with van der Waals surface area (Å²) in [5, 5.41) is 3.22. The molecule has 0 radical (unpaired) electrons. The van der Waals surface area contributed by atoms with Crippen LogP contribution in [0.15, 0.2) is 52.1 Å². The van der Waals surface area contributed by atoms with Gasteiger partial charge in [0.15, 0.2) is 5.58 Å². The Morgan fingerprint density at radius 1 is 1.00 bits per heavy atom. The molecular formula is C20H22N2O2S. The van der Waals surface area contributed by atoms with Crippen LogP contribution < -0.4 is 5.32 Å². The maximum atomic E-state index is 12.6. The summed E-state index contributed by atoms with van der Waals surface area (Å²) in [6.45, 7) is 8.51. The molecule has 0 aliphatic heterocycles. The minimum atomic E-state index is -0.193. The van der Waals surface area contributed by atoms with E-state index in [1.54, 1.807) is 0 Å². The normalized spacial score (nSPS) is 11.4. The zero-order valence-corrected chi connectivity index (χ0v) is 15.7. The summed E-state index contributed by atoms with van der Waals surface area (Å²) >= 11 is 0.977. The van der Waals surface area contributed by atoms with Crippen molar-refractivity contribution in [2.45, 2.75) is 44.8 Å². The number of hydrogen-bond donors (Lipinski definition) is 1. The zero-order valence-electron chi connectivity index (χ0n) is 14.9. The lowest BCUT2D eigenvalue weighted by molar-refractivity contribution is 0.269. The second-order valence-electron chi connectivity index (χ2n) is 6.58. The molecule has 3 aromatic rings. The van der Waals surface area contributed by atoms with Crippen molar-refractivity contribution in [2.75, 3.05) is 5.32 Å². The van der Waals surface area contributed by atoms with Gasteiger partial charge in [-0.1, -0.05) is 58.0 Å². The Hall–Kier alpha value is -2.27. The van der Waals surface area contributed by atoms with Crippen LogP contribution in [-0.2, 0) is 0 Å². The summed E-state index contributed by atoms with van der Waals surface area (Å²) in [5.74, 6) is 0.645. The van der Waals surface area contributed by atoms with E-state index >= 15 is 0 Å². The van der Waals surface area contributed by atoms with Gasteiger partial charge in [-0.3, -0.25) is 4.79 Å². The fourth-order valence-electron chi connectivity index (χ4n) is 2.80. The summed E-state index contributed by atoms with van der Waals surface area (Å²) in [6, 6.07) is 13.7. The Morgan fingerprint density at radius 2 is 1.64 bits per heavy atom. The summed E-state index contributed by atoms with van der Waals surface area (Å²) in [4.78, 5) is 16.9. The number of oxazole rings is 1. The summed E-state index contributed by atoms with van der Waals surface area (Å²) in [5.41, 5.74) is 4.61. The third-order valence-electron chi connectivity index (χ3n) is 4.05. The molecule has 1 amide bonds. The largest absolute Gasteiger partial charge is 0.431 e. The third-order valence-corrected chi connectivity index (χ3v) is 4.69. The number of hydrogen-bond acceptors (Lipinski definition) is 4. The quantitative estimate of drug-likeness (QED) is 0.551. The minimum Gasteiger partial charge on any atom is -0.431 e. The molecule has 1 heterocycles. The van der Waals surface area contributed by atoms with E-state index in [9.17, 15) is 4.79 Å². The molecule has 0 bridgehead atoms. The number of carbonyl (C=O) groups excluding carboxylic acids is 1. The van der Waals surface area contributed by atoms with Crippen molar-refractivity contribution in [3.8, 4) is 0 Å². The number of nitrogens with one attached hydrogen (secondary N) is 1. The number of carbonyl (C=O) groups is 1. The van der Waals surface area contributed by atoms with Gasteiger partial charge >= 0.3 is 0 Å². The molecule has 4 nitrogen and oxygen atoms in total. The van der Waals surface area contributed by atoms with Crippen molar-refractivity contribution in [3.05, 3.63) is 53.6 Å². The number of benzene rings is 2. The smallest absolute Gasteiger partial charge is 0.292 e. The maximum Gasteiger partial charge on any atom is 0.292 e. The lowest BCUT2D eigenvalue weighted by atomic mass is 9.93. The van der Waals surface area contributed by atoms with E-state index in [2.05, 4.69) is 50.1 Å². The van der Waals surface area contributed by atoms with E-state index < -0.39 is 0 Å². The third kappa shape index (κ3) is 3.87. The molecule has 0 fully saturated rings. The first-order chi connectivity index (χ1) is 12.0. The second-order valence-corrected chi connectivity index (χ2v) is 7.51. The van der Waals surface area contributed by atoms with Gasteiger partial charge in [0.05, 0.1) is 0 Å². The van der Waals surface area contributed by atoms with Gasteiger partial charge in [-0.2, -0.15) is 0 Å². The maximum absolute atomic E-state index is 12.6. The molecule has 0 unspecified atom stereocenters. The predicted molar refractivity (Wildman–Crippen MR) is 104 cm³/mol. The monoisotopic (exact) mass is 354 g/mol. The lowest BCUT2D eigenvalue weighted by Crippen LogP contribution is -2.11. The van der Waals surface area contributed by atoms with Crippen molar-refractivity contribution in [1.82, 2.24) is 4.98 Å². The highest BCUT2D eigenvalue weighted by molar-refractivity contribution is 8.13. The fourth-order valence-corrected chi connectivity index (χ4v) is 3.38. The van der Waals surface area contributed by atoms with E-state index in [1.807, 2.05) is 30.3 Å². The molecule has 130 valence electrons. The van der Waals surface area contributed by atoms with Crippen LogP contribution in [0.1, 0.15) is 50.7 Å². The molecule has 0 aliphatic rings. The number of rotatable bonds is 4. The van der Waals surface area contributed by atoms with Crippen LogP contribution in [0, 0.1) is 0 Å². The Bertz CT molecular complexity index is 840. The highest BCUT2D eigenvalue weighted by Crippen LogP contribution is 2.34. The van der Waals surface area contributed by atoms with E-state index in [0.29, 0.717) is 22.6 Å². The van der Waals surface area contributed by atoms with Gasteiger partial charge in [0.2, 0.25) is 0 Å². The van der Waals surface area contributed by atoms with Crippen LogP contribution in [0.4, 0.5) is 10.5 Å². The van der Waals surface area contributed by atoms with Gasteiger partial charge in [-0.05, 0) is 35.1 Å². The van der Waals surface area contributed by atoms with E-state index in [4.69, 9.17) is 4.42 Å². The molecule has 2 aromatic carbocycles. The van der Waals surface area contributed by atoms with Crippen LogP contribution in [0.25, 0.3) is 11.1 Å². The van der Waals surface area contributed by atoms with Gasteiger partial charge in [0.25, 0.3) is 10.5 Å². The number of aromatic nitrogens is 1. The van der Waals surface area contributed by atoms with Gasteiger partial charge < -0.3 is 9.73 Å². The molecule has 25 heavy (non-hydrogen) atoms. The second kappa shape index (κ2) is 7.31. The van der Waals surface area contributed by atoms with Crippen LogP contribution in [0.2, 0.25) is 0 Å². The summed E-state index contributed by atoms with van der Waals surface area (Å²) in [7, 11) is 0. The zero-order chi connectivity index (χ0) is 18.0. The van der Waals surface area contributed by atoms with Crippen LogP contribution in [-0.4, -0.2) is 10.2 Å². The van der Waals surface area contributed by atoms with Crippen LogP contribution >= 0.6 is 11.8 Å². The Kier molecular flexibility index (Phi) is 5.13. The average molecular weight is 354 g/mol. The van der Waals surface area contributed by atoms with Crippen molar-refractivity contribution < 1.29 is 9.21 Å². The molecule has 3 rings (SSSR count). The Labute approximate surface area is 152 Å². The number of amides is 1. The van der Waals surface area contributed by atoms with E-state index in [-0.39, 0.29) is 5.24 Å². The van der Waals surface area contributed by atoms with Crippen molar-refractivity contribution >= 4 is 33.8 Å². The molecule has 0 spiro atoms. The lowest BCUT2D eigenvalue weighted by Gasteiger charge is -2.19. The minimum absolute atomic E-state index is 0.193. The number of nitrogens with zero attached hydrogens (tertiary/aromatic N) is 1. The fraction of sp³-hybridized carbons (Fsp3) is 0.300. The van der Waals surface area contributed by atoms with Crippen molar-refractivity contribution in [2.24, 2.45) is 0 Å². The Balaban J connectivity index is 1.85. The standard InChI is InChI=1S/C20H22N2O2S/c1-12(2)14-8-7-9-15(13(3)4)18(14)22-19(23)25-20-21-16-10-5-6-11-17(16)24-20/h5-13H,1-4H3,(H,22,23). The highest BCUT2D eigenvalue weighted by Gasteiger charge is 2.18. The number of para-hydroxylation sites is 3. The predicted octanol–water partition coefficient (Wildman–Crippen LogP) is 6.40. The summed E-state index contributed by atoms with van der Waals surface area (Å²) in [6.07, 6.45) is 0. The van der Waals surface area contributed by atoms with Crippen LogP contribution in [0.3, 0.4) is 0 Å². The van der Waals surface area contributed by atoms with Gasteiger partial charge in [-0.15, -0.1) is 0 Å². The highest BCUT2D eigenvalue weighted by atomic mass is 32.2. The molecule has 1 aromatic heterocycles. The number of fused-ring (bicyclic) bond motifs is 1. The van der Waals surface area contributed by atoms with Crippen molar-refractivity contribution in [3.63, 3.8) is 0 Å². The topological polar surface area (TPSA) is 55.1 Å². The molecule has 0 saturated carbocycles. The van der Waals surface area contributed by atoms with Crippen molar-refractivity contribution in [1.29, 1.82) is 0 Å². The Morgan fingerprint density at radius 3 is 2.24 bits per heavy atom. The van der Waals surface area contributed by atoms with Gasteiger partial charge in [-0.25, -0.2) is 4.98 Å². The molecule has 0 aliphatic carbocycles. The van der Waals surface area contributed by atoms with Gasteiger partial charge in [0.1, 0.15) is 5.52 Å². The molecule has 0 atom stereocenters.